The van der Waals surface area contributed by atoms with Gasteiger partial charge >= 0.3 is 0 Å². The average molecular weight is 251 g/mol. The molecule has 1 amide bonds. The first-order valence-corrected chi connectivity index (χ1v) is 5.96. The summed E-state index contributed by atoms with van der Waals surface area (Å²) in [5.74, 6) is 0.418. The fourth-order valence-corrected chi connectivity index (χ4v) is 1.36. The lowest BCUT2D eigenvalue weighted by Gasteiger charge is -2.19. The molecule has 0 aromatic carbocycles. The number of carbonyl (C=O) groups excluding carboxylic acids is 1. The van der Waals surface area contributed by atoms with E-state index in [1.54, 1.807) is 12.3 Å². The Bertz CT molecular complexity index is 413. The molecule has 100 valence electrons. The number of pyridine rings is 1. The number of aromatic nitrogens is 1. The molecule has 1 rings (SSSR count). The van der Waals surface area contributed by atoms with Crippen molar-refractivity contribution in [1.82, 2.24) is 4.98 Å². The van der Waals surface area contributed by atoms with Crippen molar-refractivity contribution < 1.29 is 9.90 Å². The number of amides is 1. The predicted octanol–water partition coefficient (Wildman–Crippen LogP) is 0.928. The third-order valence-corrected chi connectivity index (χ3v) is 2.52. The summed E-state index contributed by atoms with van der Waals surface area (Å²) < 4.78 is 0. The van der Waals surface area contributed by atoms with E-state index in [2.05, 4.69) is 10.3 Å². The molecule has 0 aliphatic rings. The first kappa shape index (κ1) is 14.6. The van der Waals surface area contributed by atoms with Gasteiger partial charge in [0, 0.05) is 17.7 Å². The molecule has 4 N–H and O–H groups in total. The number of aliphatic hydroxyl groups excluding tert-OH is 1. The van der Waals surface area contributed by atoms with Gasteiger partial charge in [-0.3, -0.25) is 4.79 Å². The van der Waals surface area contributed by atoms with Crippen LogP contribution in [0.2, 0.25) is 0 Å². The lowest BCUT2D eigenvalue weighted by atomic mass is 9.95. The molecule has 1 atom stereocenters. The summed E-state index contributed by atoms with van der Waals surface area (Å²) in [6, 6.07) is 3.28. The van der Waals surface area contributed by atoms with Crippen molar-refractivity contribution in [3.8, 4) is 0 Å². The van der Waals surface area contributed by atoms with E-state index in [1.807, 2.05) is 26.8 Å². The summed E-state index contributed by atoms with van der Waals surface area (Å²) in [5.41, 5.74) is 6.05. The van der Waals surface area contributed by atoms with Gasteiger partial charge in [-0.2, -0.15) is 0 Å². The second-order valence-electron chi connectivity index (χ2n) is 5.36. The van der Waals surface area contributed by atoms with Crippen LogP contribution in [0.4, 0.5) is 5.82 Å². The van der Waals surface area contributed by atoms with E-state index in [-0.39, 0.29) is 18.6 Å². The average Bonchev–Trinajstić information content (AvgIpc) is 2.30. The van der Waals surface area contributed by atoms with Crippen LogP contribution in [0.1, 0.15) is 26.3 Å². The molecule has 0 radical (unpaired) electrons. The third kappa shape index (κ3) is 4.09. The minimum atomic E-state index is -0.478. The smallest absolute Gasteiger partial charge is 0.230 e. The zero-order valence-electron chi connectivity index (χ0n) is 11.1. The van der Waals surface area contributed by atoms with E-state index in [4.69, 9.17) is 10.8 Å². The number of aliphatic hydroxyl groups is 1. The minimum absolute atomic E-state index is 0.0957. The van der Waals surface area contributed by atoms with E-state index >= 15 is 0 Å². The molecule has 0 saturated heterocycles. The molecule has 1 aromatic rings. The maximum atomic E-state index is 11.9. The van der Waals surface area contributed by atoms with Crippen molar-refractivity contribution in [2.75, 3.05) is 11.9 Å². The van der Waals surface area contributed by atoms with Gasteiger partial charge in [-0.05, 0) is 18.1 Å². The summed E-state index contributed by atoms with van der Waals surface area (Å²) in [7, 11) is 0. The van der Waals surface area contributed by atoms with Crippen molar-refractivity contribution >= 4 is 11.7 Å². The molecule has 5 heteroatoms. The van der Waals surface area contributed by atoms with Crippen molar-refractivity contribution in [3.05, 3.63) is 23.9 Å². The molecule has 0 aliphatic carbocycles. The first-order chi connectivity index (χ1) is 8.34. The highest BCUT2D eigenvalue weighted by Crippen LogP contribution is 2.19. The Morgan fingerprint density at radius 2 is 2.22 bits per heavy atom. The van der Waals surface area contributed by atoms with E-state index in [1.165, 1.54) is 0 Å². The van der Waals surface area contributed by atoms with Gasteiger partial charge in [0.25, 0.3) is 0 Å². The fourth-order valence-electron chi connectivity index (χ4n) is 1.36. The Kier molecular flexibility index (Phi) is 4.81. The second kappa shape index (κ2) is 5.93. The van der Waals surface area contributed by atoms with E-state index < -0.39 is 5.41 Å². The molecule has 0 spiro atoms. The zero-order valence-corrected chi connectivity index (χ0v) is 11.1. The maximum absolute atomic E-state index is 11.9. The molecular formula is C13H21N3O2. The monoisotopic (exact) mass is 251 g/mol. The molecule has 1 aromatic heterocycles. The molecule has 18 heavy (non-hydrogen) atoms. The molecule has 0 fully saturated rings. The van der Waals surface area contributed by atoms with Crippen LogP contribution in [0.25, 0.3) is 0 Å². The highest BCUT2D eigenvalue weighted by atomic mass is 16.3. The molecule has 1 heterocycles. The highest BCUT2D eigenvalue weighted by Gasteiger charge is 2.22. The van der Waals surface area contributed by atoms with Gasteiger partial charge in [0.15, 0.2) is 0 Å². The van der Waals surface area contributed by atoms with Crippen molar-refractivity contribution in [1.29, 1.82) is 0 Å². The Balaban J connectivity index is 2.86. The lowest BCUT2D eigenvalue weighted by Crippen LogP contribution is -2.30. The number of nitrogens with zero attached hydrogens (tertiary/aromatic N) is 1. The van der Waals surface area contributed by atoms with Crippen LogP contribution < -0.4 is 11.1 Å². The van der Waals surface area contributed by atoms with Gasteiger partial charge in [-0.25, -0.2) is 4.98 Å². The molecule has 1 unspecified atom stereocenters. The normalized spacial score (nSPS) is 13.2. The molecule has 0 saturated carbocycles. The van der Waals surface area contributed by atoms with E-state index in [0.717, 1.165) is 5.56 Å². The van der Waals surface area contributed by atoms with Gasteiger partial charge in [0.05, 0.1) is 6.61 Å². The van der Waals surface area contributed by atoms with Crippen molar-refractivity contribution in [2.24, 2.45) is 11.1 Å². The predicted molar refractivity (Wildman–Crippen MR) is 71.1 cm³/mol. The zero-order chi connectivity index (χ0) is 13.8. The van der Waals surface area contributed by atoms with Gasteiger partial charge in [-0.1, -0.05) is 26.8 Å². The Morgan fingerprint density at radius 3 is 2.78 bits per heavy atom. The van der Waals surface area contributed by atoms with Crippen molar-refractivity contribution in [3.63, 3.8) is 0 Å². The summed E-state index contributed by atoms with van der Waals surface area (Å²) >= 11 is 0. The van der Waals surface area contributed by atoms with Crippen LogP contribution in [-0.2, 0) is 11.2 Å². The van der Waals surface area contributed by atoms with Gasteiger partial charge < -0.3 is 16.2 Å². The number of nitrogens with two attached hydrogens (primary N) is 1. The quantitative estimate of drug-likeness (QED) is 0.742. The van der Waals surface area contributed by atoms with Gasteiger partial charge in [-0.15, -0.1) is 0 Å². The Morgan fingerprint density at radius 1 is 1.56 bits per heavy atom. The molecule has 0 aliphatic heterocycles. The summed E-state index contributed by atoms with van der Waals surface area (Å²) in [6.45, 7) is 5.42. The van der Waals surface area contributed by atoms with Gasteiger partial charge in [0.2, 0.25) is 5.91 Å². The topological polar surface area (TPSA) is 88.2 Å². The number of hydrogen-bond acceptors (Lipinski definition) is 4. The van der Waals surface area contributed by atoms with Crippen LogP contribution in [0.15, 0.2) is 18.3 Å². The number of anilines is 1. The SMILES string of the molecule is CC(C)(C)C(=O)Nc1ncccc1CC(N)CO. The highest BCUT2D eigenvalue weighted by molar-refractivity contribution is 5.94. The summed E-state index contributed by atoms with van der Waals surface area (Å²) in [4.78, 5) is 16.1. The fraction of sp³-hybridized carbons (Fsp3) is 0.538. The molecular weight excluding hydrogens is 230 g/mol. The van der Waals surface area contributed by atoms with Crippen LogP contribution in [0.5, 0.6) is 0 Å². The largest absolute Gasteiger partial charge is 0.395 e. The Hall–Kier alpha value is -1.46. The van der Waals surface area contributed by atoms with Crippen LogP contribution >= 0.6 is 0 Å². The first-order valence-electron chi connectivity index (χ1n) is 5.96. The van der Waals surface area contributed by atoms with E-state index in [0.29, 0.717) is 12.2 Å². The minimum Gasteiger partial charge on any atom is -0.395 e. The maximum Gasteiger partial charge on any atom is 0.230 e. The summed E-state index contributed by atoms with van der Waals surface area (Å²) in [6.07, 6.45) is 2.09. The number of rotatable bonds is 4. The third-order valence-electron chi connectivity index (χ3n) is 2.52. The van der Waals surface area contributed by atoms with Crippen molar-refractivity contribution in [2.45, 2.75) is 33.2 Å². The number of hydrogen-bond donors (Lipinski definition) is 3. The van der Waals surface area contributed by atoms with E-state index in [9.17, 15) is 4.79 Å². The molecule has 0 bridgehead atoms. The van der Waals surface area contributed by atoms with Crippen LogP contribution in [0, 0.1) is 5.41 Å². The summed E-state index contributed by atoms with van der Waals surface area (Å²) in [5, 5.41) is 11.8. The van der Waals surface area contributed by atoms with Crippen LogP contribution in [-0.4, -0.2) is 28.6 Å². The second-order valence-corrected chi connectivity index (χ2v) is 5.36. The number of nitrogens with one attached hydrogen (secondary N) is 1. The lowest BCUT2D eigenvalue weighted by molar-refractivity contribution is -0.123. The Labute approximate surface area is 107 Å². The van der Waals surface area contributed by atoms with Crippen LogP contribution in [0.3, 0.4) is 0 Å². The molecule has 5 nitrogen and oxygen atoms in total. The number of carbonyl (C=O) groups is 1. The standard InChI is InChI=1S/C13H21N3O2/c1-13(2,3)12(18)16-11-9(5-4-6-15-11)7-10(14)8-17/h4-6,10,17H,7-8,14H2,1-3H3,(H,15,16,18). The van der Waals surface area contributed by atoms with Gasteiger partial charge in [0.1, 0.15) is 5.82 Å².